The number of piperazine rings is 1. The Morgan fingerprint density at radius 2 is 1.93 bits per heavy atom. The van der Waals surface area contributed by atoms with E-state index in [1.54, 1.807) is 10.7 Å². The molecular weight excluding hydrogens is 374 g/mol. The lowest BCUT2D eigenvalue weighted by molar-refractivity contribution is 0.312. The van der Waals surface area contributed by atoms with E-state index in [1.165, 1.54) is 11.5 Å². The molecule has 0 aliphatic carbocycles. The molecule has 28 heavy (non-hydrogen) atoms. The predicted molar refractivity (Wildman–Crippen MR) is 113 cm³/mol. The van der Waals surface area contributed by atoms with Gasteiger partial charge in [-0.3, -0.25) is 4.79 Å². The van der Waals surface area contributed by atoms with Crippen molar-refractivity contribution in [3.8, 4) is 0 Å². The molecule has 4 heterocycles. The lowest BCUT2D eigenvalue weighted by Crippen LogP contribution is -2.45. The molecule has 2 aromatic heterocycles. The van der Waals surface area contributed by atoms with Crippen LogP contribution in [0.1, 0.15) is 44.5 Å². The number of likely N-dealkylation sites (N-methyl/N-ethyl adjacent to an activating group) is 1. The van der Waals surface area contributed by atoms with Crippen LogP contribution in [0.25, 0.3) is 0 Å². The molecule has 0 spiro atoms. The van der Waals surface area contributed by atoms with E-state index in [0.717, 1.165) is 68.8 Å². The molecule has 2 saturated heterocycles. The minimum absolute atomic E-state index is 0.0107. The highest BCUT2D eigenvalue weighted by Gasteiger charge is 2.26. The van der Waals surface area contributed by atoms with Crippen LogP contribution in [0.2, 0.25) is 0 Å². The first-order chi connectivity index (χ1) is 13.5. The first-order valence-corrected chi connectivity index (χ1v) is 10.9. The van der Waals surface area contributed by atoms with E-state index < -0.39 is 0 Å². The lowest BCUT2D eigenvalue weighted by Gasteiger charge is -2.34. The van der Waals surface area contributed by atoms with E-state index >= 15 is 0 Å². The van der Waals surface area contributed by atoms with Gasteiger partial charge in [-0.1, -0.05) is 13.8 Å². The van der Waals surface area contributed by atoms with E-state index in [1.807, 2.05) is 6.20 Å². The van der Waals surface area contributed by atoms with Crippen LogP contribution in [0, 0.1) is 0 Å². The molecule has 2 fully saturated rings. The lowest BCUT2D eigenvalue weighted by atomic mass is 10.1. The summed E-state index contributed by atoms with van der Waals surface area (Å²) in [6.07, 6.45) is 3.84. The molecule has 152 valence electrons. The van der Waals surface area contributed by atoms with Gasteiger partial charge in [0.2, 0.25) is 5.13 Å². The third-order valence-corrected chi connectivity index (χ3v) is 6.43. The molecule has 2 aliphatic heterocycles. The van der Waals surface area contributed by atoms with Gasteiger partial charge in [0.15, 0.2) is 0 Å². The maximum Gasteiger partial charge on any atom is 0.269 e. The number of anilines is 2. The molecule has 0 N–H and O–H groups in total. The Bertz CT molecular complexity index is 856. The van der Waals surface area contributed by atoms with Gasteiger partial charge >= 0.3 is 0 Å². The van der Waals surface area contributed by atoms with Crippen molar-refractivity contribution in [1.82, 2.24) is 24.0 Å². The fraction of sp³-hybridized carbons (Fsp3) is 0.684. The van der Waals surface area contributed by atoms with E-state index in [-0.39, 0.29) is 11.6 Å². The van der Waals surface area contributed by atoms with Gasteiger partial charge in [0.25, 0.3) is 5.56 Å². The summed E-state index contributed by atoms with van der Waals surface area (Å²) in [4.78, 5) is 24.3. The maximum atomic E-state index is 12.8. The van der Waals surface area contributed by atoms with E-state index in [4.69, 9.17) is 0 Å². The molecular formula is C19H29N7OS. The molecule has 4 rings (SSSR count). The van der Waals surface area contributed by atoms with Crippen molar-refractivity contribution in [3.05, 3.63) is 28.4 Å². The highest BCUT2D eigenvalue weighted by Crippen LogP contribution is 2.28. The summed E-state index contributed by atoms with van der Waals surface area (Å²) in [5.41, 5.74) is 0.927. The first-order valence-electron chi connectivity index (χ1n) is 10.1. The van der Waals surface area contributed by atoms with Gasteiger partial charge in [-0.25, -0.2) is 9.67 Å². The number of hydrogen-bond donors (Lipinski definition) is 0. The fourth-order valence-corrected chi connectivity index (χ4v) is 4.68. The quantitative estimate of drug-likeness (QED) is 0.771. The fourth-order valence-electron chi connectivity index (χ4n) is 3.84. The van der Waals surface area contributed by atoms with Crippen LogP contribution in [0.5, 0.6) is 0 Å². The van der Waals surface area contributed by atoms with Crippen LogP contribution < -0.4 is 15.4 Å². The highest BCUT2D eigenvalue weighted by atomic mass is 32.1. The van der Waals surface area contributed by atoms with Gasteiger partial charge in [0.1, 0.15) is 5.82 Å². The molecule has 1 unspecified atom stereocenters. The second-order valence-corrected chi connectivity index (χ2v) is 8.85. The van der Waals surface area contributed by atoms with Crippen molar-refractivity contribution in [2.24, 2.45) is 0 Å². The van der Waals surface area contributed by atoms with E-state index in [0.29, 0.717) is 5.92 Å². The summed E-state index contributed by atoms with van der Waals surface area (Å²) in [5.74, 6) is 1.23. The summed E-state index contributed by atoms with van der Waals surface area (Å²) < 4.78 is 6.13. The Morgan fingerprint density at radius 1 is 1.14 bits per heavy atom. The van der Waals surface area contributed by atoms with Crippen LogP contribution in [0.3, 0.4) is 0 Å². The molecule has 0 radical (unpaired) electrons. The highest BCUT2D eigenvalue weighted by molar-refractivity contribution is 7.09. The predicted octanol–water partition coefficient (Wildman–Crippen LogP) is 1.81. The Labute approximate surface area is 170 Å². The Balaban J connectivity index is 1.48. The van der Waals surface area contributed by atoms with Crippen molar-refractivity contribution in [1.29, 1.82) is 0 Å². The van der Waals surface area contributed by atoms with Crippen molar-refractivity contribution in [3.63, 3.8) is 0 Å². The van der Waals surface area contributed by atoms with Gasteiger partial charge in [-0.15, -0.1) is 0 Å². The third kappa shape index (κ3) is 4.05. The molecule has 2 aliphatic rings. The van der Waals surface area contributed by atoms with Crippen molar-refractivity contribution >= 4 is 22.4 Å². The summed E-state index contributed by atoms with van der Waals surface area (Å²) in [7, 11) is 2.13. The van der Waals surface area contributed by atoms with Crippen molar-refractivity contribution in [2.75, 3.05) is 56.1 Å². The molecule has 0 saturated carbocycles. The number of hydrogen-bond acceptors (Lipinski definition) is 8. The van der Waals surface area contributed by atoms with E-state index in [9.17, 15) is 4.79 Å². The van der Waals surface area contributed by atoms with E-state index in [2.05, 4.69) is 50.1 Å². The molecule has 8 nitrogen and oxygen atoms in total. The van der Waals surface area contributed by atoms with Crippen molar-refractivity contribution < 1.29 is 0 Å². The zero-order valence-electron chi connectivity index (χ0n) is 16.9. The minimum Gasteiger partial charge on any atom is -0.368 e. The molecule has 1 atom stereocenters. The Morgan fingerprint density at radius 3 is 2.61 bits per heavy atom. The van der Waals surface area contributed by atoms with Gasteiger partial charge in [0.05, 0.1) is 17.9 Å². The number of aromatic nitrogens is 4. The topological polar surface area (TPSA) is 70.4 Å². The molecule has 9 heteroatoms. The van der Waals surface area contributed by atoms with Crippen molar-refractivity contribution in [2.45, 2.75) is 38.6 Å². The maximum absolute atomic E-state index is 12.8. The van der Waals surface area contributed by atoms with Crippen LogP contribution in [0.15, 0.2) is 17.1 Å². The summed E-state index contributed by atoms with van der Waals surface area (Å²) in [6, 6.07) is 1.83. The van der Waals surface area contributed by atoms with Gasteiger partial charge in [-0.05, 0) is 19.9 Å². The molecule has 0 amide bonds. The smallest absolute Gasteiger partial charge is 0.269 e. The number of piperidine rings is 1. The van der Waals surface area contributed by atoms with Crippen LogP contribution in [0.4, 0.5) is 10.8 Å². The molecule has 2 aromatic rings. The molecule has 0 aromatic carbocycles. The summed E-state index contributed by atoms with van der Waals surface area (Å²) >= 11 is 1.45. The van der Waals surface area contributed by atoms with Gasteiger partial charge < -0.3 is 14.7 Å². The summed E-state index contributed by atoms with van der Waals surface area (Å²) in [5, 5.41) is 5.50. The average Bonchev–Trinajstić information content (AvgIpc) is 3.19. The van der Waals surface area contributed by atoms with Crippen LogP contribution in [-0.2, 0) is 0 Å². The van der Waals surface area contributed by atoms with Crippen LogP contribution in [-0.4, -0.2) is 70.4 Å². The van der Waals surface area contributed by atoms with Gasteiger partial charge in [0, 0.05) is 62.8 Å². The Kier molecular flexibility index (Phi) is 5.63. The number of nitrogens with zero attached hydrogens (tertiary/aromatic N) is 7. The SMILES string of the molecule is CC(C)c1nsc(N2CCCC(n3ncc(N4CCN(C)CC4)cc3=O)C2)n1. The zero-order valence-corrected chi connectivity index (χ0v) is 17.7. The van der Waals surface area contributed by atoms with Crippen LogP contribution >= 0.6 is 11.5 Å². The monoisotopic (exact) mass is 403 g/mol. The average molecular weight is 404 g/mol. The normalized spacial score (nSPS) is 21.5. The Hall–Kier alpha value is -2.00. The second kappa shape index (κ2) is 8.16. The van der Waals surface area contributed by atoms with Gasteiger partial charge in [-0.2, -0.15) is 9.47 Å². The largest absolute Gasteiger partial charge is 0.368 e. The standard InChI is InChI=1S/C19H29N7OS/c1-14(2)18-21-19(28-22-18)25-6-4-5-15(13-25)26-17(27)11-16(12-20-26)24-9-7-23(3)8-10-24/h11-12,14-15H,4-10,13H2,1-3H3. The zero-order chi connectivity index (χ0) is 19.7. The third-order valence-electron chi connectivity index (χ3n) is 5.64. The first kappa shape index (κ1) is 19.3. The minimum atomic E-state index is -0.0107. The number of rotatable bonds is 4. The summed E-state index contributed by atoms with van der Waals surface area (Å²) in [6.45, 7) is 9.83. The second-order valence-electron chi connectivity index (χ2n) is 8.12. The molecule has 0 bridgehead atoms.